The third-order valence-corrected chi connectivity index (χ3v) is 5.23. The van der Waals surface area contributed by atoms with Crippen LogP contribution in [0.1, 0.15) is 26.8 Å². The third kappa shape index (κ3) is 3.08. The van der Waals surface area contributed by atoms with Crippen molar-refractivity contribution >= 4 is 23.2 Å². The summed E-state index contributed by atoms with van der Waals surface area (Å²) in [5.74, 6) is -2.91. The normalized spacial score (nSPS) is 26.1. The number of thiophene rings is 1. The number of carbonyl (C=O) groups is 2. The number of aryl methyl sites for hydroxylation is 1. The molecule has 0 saturated carbocycles. The molecule has 1 fully saturated rings. The number of hydrogen-bond acceptors (Lipinski definition) is 4. The summed E-state index contributed by atoms with van der Waals surface area (Å²) in [6.45, 7) is 1.77. The van der Waals surface area contributed by atoms with Gasteiger partial charge in [0.15, 0.2) is 5.78 Å². The highest BCUT2D eigenvalue weighted by Crippen LogP contribution is 2.44. The van der Waals surface area contributed by atoms with Crippen LogP contribution in [0.4, 0.5) is 18.0 Å². The van der Waals surface area contributed by atoms with Crippen LogP contribution in [0.2, 0.25) is 0 Å². The van der Waals surface area contributed by atoms with Gasteiger partial charge in [0.2, 0.25) is 5.72 Å². The number of hydrogen-bond donors (Lipinski definition) is 3. The van der Waals surface area contributed by atoms with E-state index >= 15 is 0 Å². The van der Waals surface area contributed by atoms with Crippen molar-refractivity contribution in [2.45, 2.75) is 24.9 Å². The van der Waals surface area contributed by atoms with Gasteiger partial charge in [0.05, 0.1) is 6.04 Å². The standard InChI is InChI=1S/C17H15F3N2O3S/c1-9-4-6-10(7-5-9)14(23)12-13(11-3-2-8-26-11)21-15(24)22-16(12,25)17(18,19)20/h2-8,12-13,25H,1H3,(H2,21,22,24)/t12-,13-,16+/m0/s1. The summed E-state index contributed by atoms with van der Waals surface area (Å²) < 4.78 is 41.0. The fourth-order valence-corrected chi connectivity index (χ4v) is 3.76. The zero-order valence-corrected chi connectivity index (χ0v) is 14.3. The maximum atomic E-state index is 13.7. The monoisotopic (exact) mass is 384 g/mol. The Hall–Kier alpha value is -2.39. The molecule has 5 nitrogen and oxygen atoms in total. The minimum absolute atomic E-state index is 0.0165. The fourth-order valence-electron chi connectivity index (χ4n) is 2.94. The molecule has 0 unspecified atom stereocenters. The lowest BCUT2D eigenvalue weighted by atomic mass is 9.79. The molecule has 3 rings (SSSR count). The molecule has 1 aliphatic heterocycles. The van der Waals surface area contributed by atoms with Gasteiger partial charge in [-0.3, -0.25) is 4.79 Å². The SMILES string of the molecule is Cc1ccc(C(=O)[C@@H]2[C@H](c3cccs3)NC(=O)N[C@]2(O)C(F)(F)F)cc1. The molecular weight excluding hydrogens is 369 g/mol. The molecule has 2 heterocycles. The quantitative estimate of drug-likeness (QED) is 0.712. The highest BCUT2D eigenvalue weighted by molar-refractivity contribution is 7.10. The Morgan fingerprint density at radius 2 is 1.88 bits per heavy atom. The first kappa shape index (κ1) is 18.4. The van der Waals surface area contributed by atoms with Crippen molar-refractivity contribution in [1.82, 2.24) is 10.6 Å². The highest BCUT2D eigenvalue weighted by atomic mass is 32.1. The Morgan fingerprint density at radius 1 is 1.23 bits per heavy atom. The molecule has 0 radical (unpaired) electrons. The lowest BCUT2D eigenvalue weighted by Crippen LogP contribution is -2.72. The highest BCUT2D eigenvalue weighted by Gasteiger charge is 2.66. The number of amides is 2. The van der Waals surface area contributed by atoms with Crippen LogP contribution in [0, 0.1) is 12.8 Å². The van der Waals surface area contributed by atoms with Crippen LogP contribution in [0.15, 0.2) is 41.8 Å². The number of benzene rings is 1. The molecular formula is C17H15F3N2O3S. The molecule has 0 aliphatic carbocycles. The van der Waals surface area contributed by atoms with Gasteiger partial charge in [0, 0.05) is 10.4 Å². The third-order valence-electron chi connectivity index (χ3n) is 4.27. The van der Waals surface area contributed by atoms with Crippen LogP contribution in [-0.4, -0.2) is 28.8 Å². The van der Waals surface area contributed by atoms with E-state index in [1.807, 2.05) is 0 Å². The zero-order chi connectivity index (χ0) is 19.1. The maximum Gasteiger partial charge on any atom is 0.437 e. The summed E-state index contributed by atoms with van der Waals surface area (Å²) in [4.78, 5) is 25.1. The van der Waals surface area contributed by atoms with Crippen molar-refractivity contribution in [2.24, 2.45) is 5.92 Å². The van der Waals surface area contributed by atoms with Crippen molar-refractivity contribution in [3.05, 3.63) is 57.8 Å². The summed E-state index contributed by atoms with van der Waals surface area (Å²) in [6, 6.07) is 6.57. The lowest BCUT2D eigenvalue weighted by molar-refractivity contribution is -0.287. The average molecular weight is 384 g/mol. The van der Waals surface area contributed by atoms with E-state index in [4.69, 9.17) is 0 Å². The molecule has 3 N–H and O–H groups in total. The molecule has 0 bridgehead atoms. The predicted octanol–water partition coefficient (Wildman–Crippen LogP) is 3.16. The summed E-state index contributed by atoms with van der Waals surface area (Å²) in [7, 11) is 0. The second kappa shape index (κ2) is 6.40. The minimum Gasteiger partial charge on any atom is -0.363 e. The van der Waals surface area contributed by atoms with Gasteiger partial charge in [-0.1, -0.05) is 35.9 Å². The Morgan fingerprint density at radius 3 is 2.42 bits per heavy atom. The van der Waals surface area contributed by atoms with E-state index < -0.39 is 35.7 Å². The number of alkyl halides is 3. The number of carbonyl (C=O) groups excluding carboxylic acids is 2. The van der Waals surface area contributed by atoms with Gasteiger partial charge in [-0.15, -0.1) is 11.3 Å². The van der Waals surface area contributed by atoms with Crippen LogP contribution in [-0.2, 0) is 0 Å². The molecule has 0 spiro atoms. The van der Waals surface area contributed by atoms with E-state index in [-0.39, 0.29) is 5.56 Å². The Kier molecular flexibility index (Phi) is 4.53. The van der Waals surface area contributed by atoms with Crippen molar-refractivity contribution in [3.63, 3.8) is 0 Å². The van der Waals surface area contributed by atoms with Gasteiger partial charge in [0.1, 0.15) is 5.92 Å². The summed E-state index contributed by atoms with van der Waals surface area (Å²) in [6.07, 6.45) is -5.24. The molecule has 2 aromatic rings. The van der Waals surface area contributed by atoms with Crippen molar-refractivity contribution in [1.29, 1.82) is 0 Å². The van der Waals surface area contributed by atoms with Crippen molar-refractivity contribution < 1.29 is 27.9 Å². The lowest BCUT2D eigenvalue weighted by Gasteiger charge is -2.44. The molecule has 138 valence electrons. The molecule has 1 aromatic heterocycles. The maximum absolute atomic E-state index is 13.7. The zero-order valence-electron chi connectivity index (χ0n) is 13.5. The largest absolute Gasteiger partial charge is 0.437 e. The van der Waals surface area contributed by atoms with Gasteiger partial charge in [-0.25, -0.2) is 4.79 Å². The van der Waals surface area contributed by atoms with Gasteiger partial charge in [0.25, 0.3) is 0 Å². The summed E-state index contributed by atoms with van der Waals surface area (Å²) >= 11 is 1.09. The fraction of sp³-hybridized carbons (Fsp3) is 0.294. The Balaban J connectivity index is 2.13. The minimum atomic E-state index is -5.24. The number of Topliss-reactive ketones (excluding diaryl/α,β-unsaturated/α-hetero) is 1. The number of aliphatic hydroxyl groups is 1. The average Bonchev–Trinajstić information content (AvgIpc) is 3.07. The van der Waals surface area contributed by atoms with Crippen molar-refractivity contribution in [2.75, 3.05) is 0 Å². The molecule has 9 heteroatoms. The smallest absolute Gasteiger partial charge is 0.363 e. The second-order valence-electron chi connectivity index (χ2n) is 6.06. The van der Waals surface area contributed by atoms with Gasteiger partial charge in [-0.05, 0) is 18.4 Å². The molecule has 1 aliphatic rings. The van der Waals surface area contributed by atoms with Crippen LogP contribution in [0.25, 0.3) is 0 Å². The van der Waals surface area contributed by atoms with Crippen LogP contribution in [0.5, 0.6) is 0 Å². The molecule has 1 aromatic carbocycles. The molecule has 1 saturated heterocycles. The predicted molar refractivity (Wildman–Crippen MR) is 88.7 cm³/mol. The van der Waals surface area contributed by atoms with E-state index in [2.05, 4.69) is 5.32 Å². The van der Waals surface area contributed by atoms with Gasteiger partial charge < -0.3 is 15.7 Å². The van der Waals surface area contributed by atoms with E-state index in [9.17, 15) is 27.9 Å². The summed E-state index contributed by atoms with van der Waals surface area (Å²) in [5.41, 5.74) is -2.84. The topological polar surface area (TPSA) is 78.4 Å². The number of rotatable bonds is 3. The van der Waals surface area contributed by atoms with E-state index in [0.717, 1.165) is 16.9 Å². The molecule has 2 amide bonds. The molecule has 26 heavy (non-hydrogen) atoms. The van der Waals surface area contributed by atoms with Crippen LogP contribution in [0.3, 0.4) is 0 Å². The second-order valence-corrected chi connectivity index (χ2v) is 7.04. The Labute approximate surface area is 150 Å². The number of nitrogens with one attached hydrogen (secondary N) is 2. The van der Waals surface area contributed by atoms with E-state index in [0.29, 0.717) is 4.88 Å². The van der Waals surface area contributed by atoms with E-state index in [1.165, 1.54) is 23.5 Å². The van der Waals surface area contributed by atoms with Crippen LogP contribution >= 0.6 is 11.3 Å². The number of halogens is 3. The van der Waals surface area contributed by atoms with E-state index in [1.54, 1.807) is 30.5 Å². The first-order valence-corrected chi connectivity index (χ1v) is 8.53. The van der Waals surface area contributed by atoms with Gasteiger partial charge in [-0.2, -0.15) is 13.2 Å². The number of ketones is 1. The summed E-state index contributed by atoms with van der Waals surface area (Å²) in [5, 5.41) is 15.8. The first-order chi connectivity index (χ1) is 12.1. The first-order valence-electron chi connectivity index (χ1n) is 7.65. The van der Waals surface area contributed by atoms with Gasteiger partial charge >= 0.3 is 12.2 Å². The number of urea groups is 1. The Bertz CT molecular complexity index is 821. The van der Waals surface area contributed by atoms with Crippen molar-refractivity contribution in [3.8, 4) is 0 Å². The molecule has 3 atom stereocenters. The van der Waals surface area contributed by atoms with Crippen LogP contribution < -0.4 is 10.6 Å².